The normalized spacial score (nSPS) is 18.8. The van der Waals surface area contributed by atoms with Crippen molar-refractivity contribution in [2.75, 3.05) is 6.54 Å². The van der Waals surface area contributed by atoms with Crippen LogP contribution in [0.2, 0.25) is 0 Å². The Morgan fingerprint density at radius 3 is 3.11 bits per heavy atom. The number of nitrogens with one attached hydrogen (secondary N) is 1. The van der Waals surface area contributed by atoms with E-state index in [9.17, 15) is 9.90 Å². The van der Waals surface area contributed by atoms with Crippen LogP contribution in [-0.2, 0) is 17.8 Å². The zero-order chi connectivity index (χ0) is 13.1. The molecule has 1 aromatic rings. The van der Waals surface area contributed by atoms with E-state index in [0.717, 1.165) is 30.5 Å². The number of nitrogens with zero attached hydrogens (tertiary/aromatic N) is 1. The van der Waals surface area contributed by atoms with Gasteiger partial charge in [-0.2, -0.15) is 0 Å². The molecule has 4 nitrogen and oxygen atoms in total. The Hall–Kier alpha value is -1.29. The van der Waals surface area contributed by atoms with Gasteiger partial charge in [-0.3, -0.25) is 4.79 Å². The number of amides is 1. The summed E-state index contributed by atoms with van der Waals surface area (Å²) in [5.41, 5.74) is 2.12. The molecule has 100 valence electrons. The summed E-state index contributed by atoms with van der Waals surface area (Å²) in [7, 11) is 0. The van der Waals surface area contributed by atoms with Crippen molar-refractivity contribution in [2.24, 2.45) is 5.92 Å². The number of carbonyl (C=O) groups excluding carboxylic acids is 1. The molecule has 1 heterocycles. The summed E-state index contributed by atoms with van der Waals surface area (Å²) >= 11 is 0. The molecule has 0 fully saturated rings. The third kappa shape index (κ3) is 2.93. The first kappa shape index (κ1) is 13.1. The molecule has 1 aliphatic rings. The molecule has 2 rings (SSSR count). The Morgan fingerprint density at radius 2 is 2.39 bits per heavy atom. The zero-order valence-corrected chi connectivity index (χ0v) is 11.1. The second-order valence-electron chi connectivity index (χ2n) is 5.45. The average molecular weight is 250 g/mol. The van der Waals surface area contributed by atoms with Gasteiger partial charge in [0.25, 0.3) is 0 Å². The van der Waals surface area contributed by atoms with Crippen LogP contribution >= 0.6 is 0 Å². The van der Waals surface area contributed by atoms with E-state index in [4.69, 9.17) is 0 Å². The lowest BCUT2D eigenvalue weighted by Crippen LogP contribution is -2.31. The first-order valence-electron chi connectivity index (χ1n) is 6.70. The van der Waals surface area contributed by atoms with Gasteiger partial charge in [0.05, 0.1) is 6.10 Å². The molecule has 18 heavy (non-hydrogen) atoms. The number of fused-ring (bicyclic) bond motifs is 1. The van der Waals surface area contributed by atoms with Crippen molar-refractivity contribution in [3.05, 3.63) is 23.5 Å². The van der Waals surface area contributed by atoms with Gasteiger partial charge in [0, 0.05) is 24.0 Å². The molecule has 4 heteroatoms. The second-order valence-corrected chi connectivity index (χ2v) is 5.45. The smallest absolute Gasteiger partial charge is 0.239 e. The lowest BCUT2D eigenvalue weighted by atomic mass is 9.95. The monoisotopic (exact) mass is 250 g/mol. The summed E-state index contributed by atoms with van der Waals surface area (Å²) < 4.78 is 1.97. The second kappa shape index (κ2) is 5.57. The maximum Gasteiger partial charge on any atom is 0.239 e. The molecule has 0 bridgehead atoms. The predicted molar refractivity (Wildman–Crippen MR) is 70.2 cm³/mol. The van der Waals surface area contributed by atoms with Crippen LogP contribution in [0.3, 0.4) is 0 Å². The number of aliphatic hydroxyl groups excluding tert-OH is 1. The largest absolute Gasteiger partial charge is 0.388 e. The Labute approximate surface area is 108 Å². The highest BCUT2D eigenvalue weighted by Gasteiger charge is 2.21. The summed E-state index contributed by atoms with van der Waals surface area (Å²) in [6, 6.07) is 1.94. The number of rotatable bonds is 4. The van der Waals surface area contributed by atoms with Crippen LogP contribution in [0.5, 0.6) is 0 Å². The minimum atomic E-state index is -0.353. The van der Waals surface area contributed by atoms with Crippen molar-refractivity contribution >= 4 is 5.91 Å². The molecule has 2 N–H and O–H groups in total. The third-order valence-corrected chi connectivity index (χ3v) is 3.39. The average Bonchev–Trinajstić information content (AvgIpc) is 2.72. The van der Waals surface area contributed by atoms with Gasteiger partial charge < -0.3 is 15.0 Å². The molecule has 1 atom stereocenters. The van der Waals surface area contributed by atoms with Gasteiger partial charge in [0.1, 0.15) is 6.54 Å². The van der Waals surface area contributed by atoms with E-state index < -0.39 is 0 Å². The fourth-order valence-corrected chi connectivity index (χ4v) is 2.41. The lowest BCUT2D eigenvalue weighted by Gasteiger charge is -2.20. The first-order chi connectivity index (χ1) is 8.58. The van der Waals surface area contributed by atoms with Crippen molar-refractivity contribution in [3.8, 4) is 0 Å². The van der Waals surface area contributed by atoms with Gasteiger partial charge in [-0.15, -0.1) is 0 Å². The van der Waals surface area contributed by atoms with Gasteiger partial charge in [0.15, 0.2) is 0 Å². The highest BCUT2D eigenvalue weighted by molar-refractivity contribution is 5.75. The summed E-state index contributed by atoms with van der Waals surface area (Å²) in [6.07, 6.45) is 4.33. The zero-order valence-electron chi connectivity index (χ0n) is 11.1. The predicted octanol–water partition coefficient (Wildman–Crippen LogP) is 1.63. The fraction of sp³-hybridized carbons (Fsp3) is 0.643. The van der Waals surface area contributed by atoms with Crippen molar-refractivity contribution in [1.82, 2.24) is 9.88 Å². The van der Waals surface area contributed by atoms with Crippen LogP contribution in [0.4, 0.5) is 0 Å². The molecule has 1 aliphatic carbocycles. The van der Waals surface area contributed by atoms with Crippen LogP contribution in [0.15, 0.2) is 12.3 Å². The van der Waals surface area contributed by atoms with Crippen molar-refractivity contribution in [3.63, 3.8) is 0 Å². The fourth-order valence-electron chi connectivity index (χ4n) is 2.41. The maximum atomic E-state index is 11.8. The van der Waals surface area contributed by atoms with E-state index in [1.807, 2.05) is 16.8 Å². The standard InChI is InChI=1S/C14H22N2O2/c1-10(2)8-15-14(18)9-16-7-6-11-12(16)4-3-5-13(11)17/h6-7,10,13,17H,3-5,8-9H2,1-2H3,(H,15,18). The Bertz CT molecular complexity index is 423. The number of aromatic nitrogens is 1. The van der Waals surface area contributed by atoms with Crippen molar-refractivity contribution in [2.45, 2.75) is 45.8 Å². The SMILES string of the molecule is CC(C)CNC(=O)Cn1ccc2c1CCCC2O. The summed E-state index contributed by atoms with van der Waals surface area (Å²) in [6.45, 7) is 5.22. The van der Waals surface area contributed by atoms with Crippen molar-refractivity contribution < 1.29 is 9.90 Å². The highest BCUT2D eigenvalue weighted by atomic mass is 16.3. The van der Waals surface area contributed by atoms with Crippen LogP contribution < -0.4 is 5.32 Å². The van der Waals surface area contributed by atoms with Gasteiger partial charge in [-0.25, -0.2) is 0 Å². The molecular weight excluding hydrogens is 228 g/mol. The maximum absolute atomic E-state index is 11.8. The molecule has 0 aromatic carbocycles. The molecular formula is C14H22N2O2. The van der Waals surface area contributed by atoms with Gasteiger partial charge in [-0.05, 0) is 31.2 Å². The third-order valence-electron chi connectivity index (χ3n) is 3.39. The quantitative estimate of drug-likeness (QED) is 0.853. The minimum Gasteiger partial charge on any atom is -0.388 e. The van der Waals surface area contributed by atoms with Gasteiger partial charge in [-0.1, -0.05) is 13.8 Å². The molecule has 1 amide bonds. The molecule has 1 unspecified atom stereocenters. The Kier molecular flexibility index (Phi) is 4.07. The van der Waals surface area contributed by atoms with Gasteiger partial charge >= 0.3 is 0 Å². The molecule has 1 aromatic heterocycles. The van der Waals surface area contributed by atoms with Crippen molar-refractivity contribution in [1.29, 1.82) is 0 Å². The molecule has 0 aliphatic heterocycles. The summed E-state index contributed by atoms with van der Waals surface area (Å²) in [5.74, 6) is 0.511. The number of aliphatic hydroxyl groups is 1. The van der Waals surface area contributed by atoms with Crippen LogP contribution in [-0.4, -0.2) is 22.1 Å². The molecule has 0 radical (unpaired) electrons. The summed E-state index contributed by atoms with van der Waals surface area (Å²) in [4.78, 5) is 11.8. The van der Waals surface area contributed by atoms with Crippen LogP contribution in [0, 0.1) is 5.92 Å². The van der Waals surface area contributed by atoms with Crippen LogP contribution in [0.1, 0.15) is 44.1 Å². The van der Waals surface area contributed by atoms with E-state index in [-0.39, 0.29) is 12.0 Å². The van der Waals surface area contributed by atoms with E-state index in [1.165, 1.54) is 0 Å². The number of hydrogen-bond acceptors (Lipinski definition) is 2. The number of carbonyl (C=O) groups is 1. The first-order valence-corrected chi connectivity index (χ1v) is 6.70. The molecule has 0 saturated carbocycles. The van der Waals surface area contributed by atoms with E-state index in [1.54, 1.807) is 0 Å². The Balaban J connectivity index is 2.00. The minimum absolute atomic E-state index is 0.0437. The van der Waals surface area contributed by atoms with E-state index in [2.05, 4.69) is 19.2 Å². The molecule has 0 saturated heterocycles. The Morgan fingerprint density at radius 1 is 1.61 bits per heavy atom. The van der Waals surface area contributed by atoms with Crippen LogP contribution in [0.25, 0.3) is 0 Å². The van der Waals surface area contributed by atoms with Gasteiger partial charge in [0.2, 0.25) is 5.91 Å². The van der Waals surface area contributed by atoms with E-state index >= 15 is 0 Å². The molecule has 0 spiro atoms. The summed E-state index contributed by atoms with van der Waals surface area (Å²) in [5, 5.41) is 12.8. The lowest BCUT2D eigenvalue weighted by molar-refractivity contribution is -0.121. The van der Waals surface area contributed by atoms with E-state index in [0.29, 0.717) is 19.0 Å². The highest BCUT2D eigenvalue weighted by Crippen LogP contribution is 2.30. The topological polar surface area (TPSA) is 54.3 Å². The number of hydrogen-bond donors (Lipinski definition) is 2.